The predicted octanol–water partition coefficient (Wildman–Crippen LogP) is 3.18. The number of pyridine rings is 1. The molecule has 0 saturated heterocycles. The minimum atomic E-state index is -0.936. The van der Waals surface area contributed by atoms with Crippen LogP contribution < -0.4 is 0 Å². The van der Waals surface area contributed by atoms with Crippen LogP contribution in [0.15, 0.2) is 6.07 Å². The molecule has 16 heavy (non-hydrogen) atoms. The highest BCUT2D eigenvalue weighted by Gasteiger charge is 2.19. The number of hydrogen-bond acceptors (Lipinski definition) is 2. The zero-order valence-corrected chi connectivity index (χ0v) is 10.0. The molecule has 1 aromatic rings. The maximum atomic E-state index is 13.1. The molecule has 0 spiro atoms. The van der Waals surface area contributed by atoms with Crippen molar-refractivity contribution in [3.05, 3.63) is 27.8 Å². The van der Waals surface area contributed by atoms with Crippen LogP contribution in [0, 0.1) is 11.7 Å². The molecule has 0 aromatic carbocycles. The number of nitrogens with zero attached hydrogens (tertiary/aromatic N) is 1. The summed E-state index contributed by atoms with van der Waals surface area (Å²) < 4.78 is 13.1. The fraction of sp³-hybridized carbons (Fsp3) is 0.400. The molecule has 3 nitrogen and oxygen atoms in total. The van der Waals surface area contributed by atoms with Gasteiger partial charge >= 0.3 is 5.97 Å². The zero-order valence-electron chi connectivity index (χ0n) is 8.51. The van der Waals surface area contributed by atoms with E-state index in [0.717, 1.165) is 6.07 Å². The van der Waals surface area contributed by atoms with E-state index in [0.29, 0.717) is 12.0 Å². The topological polar surface area (TPSA) is 50.2 Å². The molecule has 0 fully saturated rings. The molecule has 0 amide bonds. The van der Waals surface area contributed by atoms with Crippen molar-refractivity contribution in [1.29, 1.82) is 0 Å². The lowest BCUT2D eigenvalue weighted by atomic mass is 9.98. The maximum absolute atomic E-state index is 13.1. The third-order valence-corrected chi connectivity index (χ3v) is 2.86. The Morgan fingerprint density at radius 2 is 2.19 bits per heavy atom. The highest BCUT2D eigenvalue weighted by molar-refractivity contribution is 6.32. The van der Waals surface area contributed by atoms with Crippen molar-refractivity contribution in [3.63, 3.8) is 0 Å². The molecule has 0 radical (unpaired) electrons. The molecule has 0 bridgehead atoms. The lowest BCUT2D eigenvalue weighted by Gasteiger charge is -2.10. The van der Waals surface area contributed by atoms with E-state index < -0.39 is 17.7 Å². The highest BCUT2D eigenvalue weighted by Crippen LogP contribution is 2.23. The Bertz CT molecular complexity index is 412. The minimum absolute atomic E-state index is 0.0473. The summed E-state index contributed by atoms with van der Waals surface area (Å²) in [5, 5.41) is 8.61. The van der Waals surface area contributed by atoms with E-state index in [1.807, 2.05) is 0 Å². The molecule has 0 aliphatic rings. The maximum Gasteiger partial charge on any atom is 0.306 e. The van der Waals surface area contributed by atoms with Gasteiger partial charge in [-0.3, -0.25) is 4.79 Å². The van der Waals surface area contributed by atoms with Gasteiger partial charge in [-0.1, -0.05) is 30.1 Å². The molecule has 0 saturated carbocycles. The van der Waals surface area contributed by atoms with E-state index in [1.54, 1.807) is 6.92 Å². The SMILES string of the molecule is CC[C@@H](Cc1cc(F)c(Cl)nc1Cl)C(=O)O. The van der Waals surface area contributed by atoms with Crippen molar-refractivity contribution >= 4 is 29.2 Å². The fourth-order valence-corrected chi connectivity index (χ4v) is 1.70. The van der Waals surface area contributed by atoms with Gasteiger partial charge in [0.25, 0.3) is 0 Å². The van der Waals surface area contributed by atoms with Crippen LogP contribution >= 0.6 is 23.2 Å². The Morgan fingerprint density at radius 1 is 1.56 bits per heavy atom. The van der Waals surface area contributed by atoms with Gasteiger partial charge in [0.1, 0.15) is 5.15 Å². The van der Waals surface area contributed by atoms with Crippen LogP contribution in [0.1, 0.15) is 18.9 Å². The van der Waals surface area contributed by atoms with Gasteiger partial charge in [0.2, 0.25) is 0 Å². The normalized spacial score (nSPS) is 12.5. The van der Waals surface area contributed by atoms with Crippen LogP contribution in [0.2, 0.25) is 10.3 Å². The summed E-state index contributed by atoms with van der Waals surface area (Å²) in [6.07, 6.45) is 0.585. The molecule has 1 heterocycles. The fourth-order valence-electron chi connectivity index (χ4n) is 1.30. The first-order valence-electron chi connectivity index (χ1n) is 4.69. The van der Waals surface area contributed by atoms with E-state index in [-0.39, 0.29) is 16.7 Å². The highest BCUT2D eigenvalue weighted by atomic mass is 35.5. The molecule has 0 aliphatic carbocycles. The summed E-state index contributed by atoms with van der Waals surface area (Å²) in [5.74, 6) is -2.23. The molecule has 88 valence electrons. The van der Waals surface area contributed by atoms with Crippen LogP contribution in [0.3, 0.4) is 0 Å². The number of aromatic nitrogens is 1. The first kappa shape index (κ1) is 13.2. The standard InChI is InChI=1S/C10H10Cl2FNO2/c1-2-5(10(15)16)3-6-4-7(13)9(12)14-8(6)11/h4-5H,2-3H2,1H3,(H,15,16)/t5-/m0/s1. The lowest BCUT2D eigenvalue weighted by Crippen LogP contribution is -2.16. The minimum Gasteiger partial charge on any atom is -0.481 e. The quantitative estimate of drug-likeness (QED) is 0.851. The molecule has 1 aromatic heterocycles. The molecule has 0 aliphatic heterocycles. The third-order valence-electron chi connectivity index (χ3n) is 2.27. The van der Waals surface area contributed by atoms with Crippen molar-refractivity contribution in [3.8, 4) is 0 Å². The van der Waals surface area contributed by atoms with Crippen LogP contribution in [0.4, 0.5) is 4.39 Å². The summed E-state index contributed by atoms with van der Waals surface area (Å²) in [7, 11) is 0. The van der Waals surface area contributed by atoms with E-state index in [2.05, 4.69) is 4.98 Å². The lowest BCUT2D eigenvalue weighted by molar-refractivity contribution is -0.141. The van der Waals surface area contributed by atoms with Crippen molar-refractivity contribution in [2.75, 3.05) is 0 Å². The van der Waals surface area contributed by atoms with Crippen molar-refractivity contribution in [1.82, 2.24) is 4.98 Å². The summed E-state index contributed by atoms with van der Waals surface area (Å²) >= 11 is 11.2. The Morgan fingerprint density at radius 3 is 2.69 bits per heavy atom. The molecule has 6 heteroatoms. The van der Waals surface area contributed by atoms with Crippen LogP contribution in [0.25, 0.3) is 0 Å². The van der Waals surface area contributed by atoms with Crippen molar-refractivity contribution in [2.24, 2.45) is 5.92 Å². The van der Waals surface area contributed by atoms with Gasteiger partial charge in [-0.15, -0.1) is 0 Å². The molecule has 1 N–H and O–H groups in total. The molecule has 1 rings (SSSR count). The number of carboxylic acids is 1. The number of carboxylic acid groups (broad SMARTS) is 1. The molecule has 0 unspecified atom stereocenters. The van der Waals surface area contributed by atoms with Gasteiger partial charge in [0, 0.05) is 0 Å². The van der Waals surface area contributed by atoms with Crippen LogP contribution in [0.5, 0.6) is 0 Å². The van der Waals surface area contributed by atoms with E-state index >= 15 is 0 Å². The van der Waals surface area contributed by atoms with Gasteiger partial charge in [0.15, 0.2) is 11.0 Å². The van der Waals surface area contributed by atoms with Gasteiger partial charge in [0.05, 0.1) is 5.92 Å². The molecular weight excluding hydrogens is 256 g/mol. The first-order valence-corrected chi connectivity index (χ1v) is 5.44. The Kier molecular flexibility index (Phi) is 4.50. The second kappa shape index (κ2) is 5.46. The second-order valence-electron chi connectivity index (χ2n) is 3.36. The monoisotopic (exact) mass is 265 g/mol. The number of aliphatic carboxylic acids is 1. The molecular formula is C10H10Cl2FNO2. The first-order chi connectivity index (χ1) is 7.45. The largest absolute Gasteiger partial charge is 0.481 e. The van der Waals surface area contributed by atoms with Crippen molar-refractivity contribution in [2.45, 2.75) is 19.8 Å². The summed E-state index contributed by atoms with van der Waals surface area (Å²) in [6, 6.07) is 1.13. The summed E-state index contributed by atoms with van der Waals surface area (Å²) in [5.41, 5.74) is 0.359. The van der Waals surface area contributed by atoms with E-state index in [9.17, 15) is 9.18 Å². The van der Waals surface area contributed by atoms with E-state index in [1.165, 1.54) is 0 Å². The smallest absolute Gasteiger partial charge is 0.306 e. The molecule has 1 atom stereocenters. The van der Waals surface area contributed by atoms with Gasteiger partial charge in [-0.25, -0.2) is 9.37 Å². The number of carbonyl (C=O) groups is 1. The van der Waals surface area contributed by atoms with Crippen LogP contribution in [-0.2, 0) is 11.2 Å². The van der Waals surface area contributed by atoms with Gasteiger partial charge < -0.3 is 5.11 Å². The Hall–Kier alpha value is -0.870. The Labute approximate surface area is 102 Å². The number of hydrogen-bond donors (Lipinski definition) is 1. The van der Waals surface area contributed by atoms with E-state index in [4.69, 9.17) is 28.3 Å². The Balaban J connectivity index is 2.96. The zero-order chi connectivity index (χ0) is 12.3. The average Bonchev–Trinajstić information content (AvgIpc) is 2.21. The predicted molar refractivity (Wildman–Crippen MR) is 59.3 cm³/mol. The number of halogens is 3. The second-order valence-corrected chi connectivity index (χ2v) is 4.07. The van der Waals surface area contributed by atoms with Gasteiger partial charge in [-0.05, 0) is 24.5 Å². The van der Waals surface area contributed by atoms with Crippen LogP contribution in [-0.4, -0.2) is 16.1 Å². The number of rotatable bonds is 4. The van der Waals surface area contributed by atoms with Gasteiger partial charge in [-0.2, -0.15) is 0 Å². The third kappa shape index (κ3) is 3.06. The van der Waals surface area contributed by atoms with Crippen molar-refractivity contribution < 1.29 is 14.3 Å². The summed E-state index contributed by atoms with van der Waals surface area (Å²) in [4.78, 5) is 14.4. The summed E-state index contributed by atoms with van der Waals surface area (Å²) in [6.45, 7) is 1.74. The average molecular weight is 266 g/mol.